The van der Waals surface area contributed by atoms with Gasteiger partial charge in [-0.2, -0.15) is 0 Å². The van der Waals surface area contributed by atoms with Gasteiger partial charge in [-0.15, -0.1) is 0 Å². The van der Waals surface area contributed by atoms with E-state index in [1.807, 2.05) is 0 Å². The first-order chi connectivity index (χ1) is 9.83. The Morgan fingerprint density at radius 3 is 2.20 bits per heavy atom. The van der Waals surface area contributed by atoms with Crippen molar-refractivity contribution in [3.8, 4) is 11.1 Å². The Morgan fingerprint density at radius 1 is 0.950 bits per heavy atom. The average Bonchev–Trinajstić information content (AvgIpc) is 2.45. The number of likely N-dealkylation sites (N-methyl/N-ethyl adjacent to an activating group) is 1. The quantitative estimate of drug-likeness (QED) is 0.895. The zero-order valence-electron chi connectivity index (χ0n) is 12.0. The molecule has 1 fully saturated rings. The molecular formula is C18H22N2. The molecule has 2 aromatic carbocycles. The van der Waals surface area contributed by atoms with Gasteiger partial charge in [-0.25, -0.2) is 0 Å². The molecule has 1 saturated heterocycles. The van der Waals surface area contributed by atoms with Gasteiger partial charge >= 0.3 is 0 Å². The maximum Gasteiger partial charge on any atom is 0.0342 e. The summed E-state index contributed by atoms with van der Waals surface area (Å²) in [5, 5.41) is 3.32. The summed E-state index contributed by atoms with van der Waals surface area (Å²) in [5.74, 6) is 0. The molecule has 1 aliphatic heterocycles. The highest BCUT2D eigenvalue weighted by atomic mass is 15.2. The first kappa shape index (κ1) is 13.3. The number of benzene rings is 2. The topological polar surface area (TPSA) is 15.3 Å². The van der Waals surface area contributed by atoms with Crippen LogP contribution in [-0.2, 0) is 6.42 Å². The van der Waals surface area contributed by atoms with Gasteiger partial charge in [-0.05, 0) is 30.2 Å². The predicted molar refractivity (Wildman–Crippen MR) is 84.9 cm³/mol. The summed E-state index contributed by atoms with van der Waals surface area (Å²) in [4.78, 5) is 2.46. The fraction of sp³-hybridized carbons (Fsp3) is 0.333. The Kier molecular flexibility index (Phi) is 4.14. The van der Waals surface area contributed by atoms with E-state index in [1.54, 1.807) is 0 Å². The van der Waals surface area contributed by atoms with E-state index in [-0.39, 0.29) is 0 Å². The number of nitrogens with zero attached hydrogens (tertiary/aromatic N) is 1. The van der Waals surface area contributed by atoms with Crippen LogP contribution in [0.25, 0.3) is 11.1 Å². The van der Waals surface area contributed by atoms with Crippen molar-refractivity contribution < 1.29 is 0 Å². The Morgan fingerprint density at radius 2 is 1.60 bits per heavy atom. The molecule has 0 radical (unpaired) electrons. The van der Waals surface area contributed by atoms with Gasteiger partial charge in [0, 0.05) is 25.7 Å². The van der Waals surface area contributed by atoms with Gasteiger partial charge in [0.2, 0.25) is 0 Å². The molecule has 0 atom stereocenters. The molecule has 2 aromatic rings. The van der Waals surface area contributed by atoms with E-state index in [0.717, 1.165) is 32.1 Å². The smallest absolute Gasteiger partial charge is 0.0342 e. The molecule has 104 valence electrons. The van der Waals surface area contributed by atoms with Crippen LogP contribution in [0.2, 0.25) is 0 Å². The highest BCUT2D eigenvalue weighted by molar-refractivity contribution is 5.63. The van der Waals surface area contributed by atoms with Gasteiger partial charge in [0.05, 0.1) is 0 Å². The van der Waals surface area contributed by atoms with E-state index < -0.39 is 0 Å². The molecule has 1 N–H and O–H groups in total. The Hall–Kier alpha value is -1.64. The molecule has 20 heavy (non-hydrogen) atoms. The van der Waals surface area contributed by atoms with Gasteiger partial charge in [0.15, 0.2) is 0 Å². The SMILES string of the molecule is CN(CCc1ccc(-c2ccccc2)cc1)C1CNC1. The predicted octanol–water partition coefficient (Wildman–Crippen LogP) is 2.80. The minimum absolute atomic E-state index is 0.735. The first-order valence-corrected chi connectivity index (χ1v) is 7.38. The van der Waals surface area contributed by atoms with Crippen LogP contribution >= 0.6 is 0 Å². The summed E-state index contributed by atoms with van der Waals surface area (Å²) < 4.78 is 0. The van der Waals surface area contributed by atoms with Crippen molar-refractivity contribution >= 4 is 0 Å². The van der Waals surface area contributed by atoms with E-state index in [1.165, 1.54) is 16.7 Å². The second-order valence-corrected chi connectivity index (χ2v) is 5.61. The van der Waals surface area contributed by atoms with Crippen LogP contribution in [0.3, 0.4) is 0 Å². The van der Waals surface area contributed by atoms with E-state index in [0.29, 0.717) is 0 Å². The van der Waals surface area contributed by atoms with Gasteiger partial charge in [-0.1, -0.05) is 54.6 Å². The molecule has 0 amide bonds. The number of hydrogen-bond donors (Lipinski definition) is 1. The van der Waals surface area contributed by atoms with Gasteiger partial charge < -0.3 is 10.2 Å². The van der Waals surface area contributed by atoms with E-state index in [2.05, 4.69) is 71.9 Å². The third kappa shape index (κ3) is 3.09. The lowest BCUT2D eigenvalue weighted by Crippen LogP contribution is -2.56. The highest BCUT2D eigenvalue weighted by Gasteiger charge is 2.20. The van der Waals surface area contributed by atoms with Crippen LogP contribution in [0.5, 0.6) is 0 Å². The van der Waals surface area contributed by atoms with Crippen LogP contribution in [0.15, 0.2) is 54.6 Å². The molecule has 3 rings (SSSR count). The molecule has 2 heteroatoms. The Labute approximate surface area is 121 Å². The molecule has 2 nitrogen and oxygen atoms in total. The summed E-state index contributed by atoms with van der Waals surface area (Å²) in [7, 11) is 2.23. The largest absolute Gasteiger partial charge is 0.314 e. The van der Waals surface area contributed by atoms with Crippen LogP contribution in [0.4, 0.5) is 0 Å². The van der Waals surface area contributed by atoms with E-state index in [9.17, 15) is 0 Å². The second kappa shape index (κ2) is 6.21. The molecule has 0 bridgehead atoms. The fourth-order valence-corrected chi connectivity index (χ4v) is 2.57. The molecule has 1 aliphatic rings. The molecule has 0 saturated carbocycles. The van der Waals surface area contributed by atoms with Gasteiger partial charge in [-0.3, -0.25) is 0 Å². The maximum absolute atomic E-state index is 3.32. The van der Waals surface area contributed by atoms with Gasteiger partial charge in [0.25, 0.3) is 0 Å². The van der Waals surface area contributed by atoms with Crippen molar-refractivity contribution in [3.63, 3.8) is 0 Å². The minimum atomic E-state index is 0.735. The number of nitrogens with one attached hydrogen (secondary N) is 1. The standard InChI is InChI=1S/C18H22N2/c1-20(18-13-19-14-18)12-11-15-7-9-17(10-8-15)16-5-3-2-4-6-16/h2-10,18-19H,11-14H2,1H3. The lowest BCUT2D eigenvalue weighted by molar-refractivity contribution is 0.182. The van der Waals surface area contributed by atoms with Crippen LogP contribution < -0.4 is 5.32 Å². The third-order valence-electron chi connectivity index (χ3n) is 4.20. The summed E-state index contributed by atoms with van der Waals surface area (Å²) in [6, 6.07) is 20.3. The van der Waals surface area contributed by atoms with Crippen molar-refractivity contribution in [3.05, 3.63) is 60.2 Å². The van der Waals surface area contributed by atoms with Crippen molar-refractivity contribution in [1.82, 2.24) is 10.2 Å². The summed E-state index contributed by atoms with van der Waals surface area (Å²) in [6.45, 7) is 3.42. The molecule has 0 aromatic heterocycles. The Bertz CT molecular complexity index is 529. The average molecular weight is 266 g/mol. The summed E-state index contributed by atoms with van der Waals surface area (Å²) in [5.41, 5.74) is 4.01. The summed E-state index contributed by atoms with van der Waals surface area (Å²) in [6.07, 6.45) is 1.13. The van der Waals surface area contributed by atoms with E-state index in [4.69, 9.17) is 0 Å². The van der Waals surface area contributed by atoms with Crippen LogP contribution in [0, 0.1) is 0 Å². The van der Waals surface area contributed by atoms with Crippen LogP contribution in [-0.4, -0.2) is 37.6 Å². The monoisotopic (exact) mass is 266 g/mol. The van der Waals surface area contributed by atoms with Gasteiger partial charge in [0.1, 0.15) is 0 Å². The van der Waals surface area contributed by atoms with Crippen molar-refractivity contribution in [2.45, 2.75) is 12.5 Å². The van der Waals surface area contributed by atoms with Crippen molar-refractivity contribution in [2.24, 2.45) is 0 Å². The summed E-state index contributed by atoms with van der Waals surface area (Å²) >= 11 is 0. The number of hydrogen-bond acceptors (Lipinski definition) is 2. The third-order valence-corrected chi connectivity index (χ3v) is 4.20. The normalized spacial score (nSPS) is 15.3. The Balaban J connectivity index is 1.58. The molecule has 0 spiro atoms. The molecule has 0 aliphatic carbocycles. The molecule has 0 unspecified atom stereocenters. The highest BCUT2D eigenvalue weighted by Crippen LogP contribution is 2.19. The van der Waals surface area contributed by atoms with E-state index >= 15 is 0 Å². The zero-order chi connectivity index (χ0) is 13.8. The second-order valence-electron chi connectivity index (χ2n) is 5.61. The zero-order valence-corrected chi connectivity index (χ0v) is 12.0. The molecule has 1 heterocycles. The first-order valence-electron chi connectivity index (χ1n) is 7.38. The number of rotatable bonds is 5. The fourth-order valence-electron chi connectivity index (χ4n) is 2.57. The molecular weight excluding hydrogens is 244 g/mol. The van der Waals surface area contributed by atoms with Crippen molar-refractivity contribution in [2.75, 3.05) is 26.7 Å². The maximum atomic E-state index is 3.32. The lowest BCUT2D eigenvalue weighted by Gasteiger charge is -2.35. The van der Waals surface area contributed by atoms with Crippen LogP contribution in [0.1, 0.15) is 5.56 Å². The van der Waals surface area contributed by atoms with Crippen molar-refractivity contribution in [1.29, 1.82) is 0 Å². The lowest BCUT2D eigenvalue weighted by atomic mass is 10.0. The minimum Gasteiger partial charge on any atom is -0.314 e.